The molecule has 0 bridgehead atoms. The summed E-state index contributed by atoms with van der Waals surface area (Å²) in [5.74, 6) is 0. The minimum atomic E-state index is -0.505. The van der Waals surface area contributed by atoms with E-state index in [-0.39, 0.29) is 6.04 Å². The third-order valence-corrected chi connectivity index (χ3v) is 2.46. The van der Waals surface area contributed by atoms with Crippen LogP contribution in [0.1, 0.15) is 26.2 Å². The summed E-state index contributed by atoms with van der Waals surface area (Å²) in [4.78, 5) is 0. The lowest BCUT2D eigenvalue weighted by atomic mass is 10.0. The third-order valence-electron chi connectivity index (χ3n) is 2.46. The van der Waals surface area contributed by atoms with Gasteiger partial charge in [-0.15, -0.1) is 0 Å². The van der Waals surface area contributed by atoms with E-state index in [1.165, 1.54) is 0 Å². The van der Waals surface area contributed by atoms with Crippen LogP contribution in [0.5, 0.6) is 0 Å². The van der Waals surface area contributed by atoms with E-state index in [0.717, 1.165) is 25.8 Å². The molecule has 4 N–H and O–H groups in total. The summed E-state index contributed by atoms with van der Waals surface area (Å²) in [5, 5.41) is 13.0. The third kappa shape index (κ3) is 2.15. The predicted molar refractivity (Wildman–Crippen MR) is 45.3 cm³/mol. The second-order valence-corrected chi connectivity index (χ2v) is 3.54. The van der Waals surface area contributed by atoms with Crippen molar-refractivity contribution in [2.45, 2.75) is 37.8 Å². The van der Waals surface area contributed by atoms with Gasteiger partial charge in [-0.1, -0.05) is 0 Å². The minimum Gasteiger partial charge on any atom is -0.389 e. The Morgan fingerprint density at radius 1 is 1.73 bits per heavy atom. The molecule has 3 heteroatoms. The zero-order chi connectivity index (χ0) is 8.32. The highest BCUT2D eigenvalue weighted by Crippen LogP contribution is 2.28. The molecule has 11 heavy (non-hydrogen) atoms. The molecule has 0 saturated heterocycles. The summed E-state index contributed by atoms with van der Waals surface area (Å²) >= 11 is 0. The van der Waals surface area contributed by atoms with Crippen molar-refractivity contribution in [1.29, 1.82) is 0 Å². The Hall–Kier alpha value is -0.120. The SMILES string of the molecule is CC1(O)CCCC1NCCN. The predicted octanol–water partition coefficient (Wildman–Crippen LogP) is -0.162. The Labute approximate surface area is 68.0 Å². The van der Waals surface area contributed by atoms with Gasteiger partial charge in [0.05, 0.1) is 5.60 Å². The minimum absolute atomic E-state index is 0.256. The topological polar surface area (TPSA) is 58.3 Å². The summed E-state index contributed by atoms with van der Waals surface area (Å²) in [6, 6.07) is 0.256. The molecular formula is C8H18N2O. The van der Waals surface area contributed by atoms with Crippen molar-refractivity contribution in [3.63, 3.8) is 0 Å². The van der Waals surface area contributed by atoms with Gasteiger partial charge in [0, 0.05) is 19.1 Å². The Balaban J connectivity index is 2.32. The molecule has 0 amide bonds. The van der Waals surface area contributed by atoms with E-state index >= 15 is 0 Å². The molecular weight excluding hydrogens is 140 g/mol. The second kappa shape index (κ2) is 3.52. The highest BCUT2D eigenvalue weighted by atomic mass is 16.3. The molecule has 1 rings (SSSR count). The summed E-state index contributed by atoms with van der Waals surface area (Å²) in [6.07, 6.45) is 3.11. The number of hydrogen-bond donors (Lipinski definition) is 3. The molecule has 1 saturated carbocycles. The first-order valence-corrected chi connectivity index (χ1v) is 4.32. The average Bonchev–Trinajstić information content (AvgIpc) is 2.25. The highest BCUT2D eigenvalue weighted by molar-refractivity contribution is 4.93. The van der Waals surface area contributed by atoms with Gasteiger partial charge in [-0.3, -0.25) is 0 Å². The van der Waals surface area contributed by atoms with Crippen molar-refractivity contribution in [3.8, 4) is 0 Å². The van der Waals surface area contributed by atoms with Crippen molar-refractivity contribution in [1.82, 2.24) is 5.32 Å². The quantitative estimate of drug-likeness (QED) is 0.535. The molecule has 66 valence electrons. The molecule has 2 unspecified atom stereocenters. The van der Waals surface area contributed by atoms with Crippen LogP contribution in [-0.2, 0) is 0 Å². The van der Waals surface area contributed by atoms with Crippen LogP contribution in [0.3, 0.4) is 0 Å². The van der Waals surface area contributed by atoms with Gasteiger partial charge in [0.1, 0.15) is 0 Å². The fourth-order valence-corrected chi connectivity index (χ4v) is 1.73. The molecule has 0 aliphatic heterocycles. The second-order valence-electron chi connectivity index (χ2n) is 3.54. The van der Waals surface area contributed by atoms with Crippen LogP contribution in [-0.4, -0.2) is 29.8 Å². The van der Waals surface area contributed by atoms with E-state index in [4.69, 9.17) is 5.73 Å². The smallest absolute Gasteiger partial charge is 0.0772 e. The van der Waals surface area contributed by atoms with E-state index in [1.807, 2.05) is 6.92 Å². The summed E-state index contributed by atoms with van der Waals surface area (Å²) in [6.45, 7) is 3.35. The molecule has 0 radical (unpaired) electrons. The summed E-state index contributed by atoms with van der Waals surface area (Å²) in [5.41, 5.74) is 4.85. The molecule has 3 nitrogen and oxygen atoms in total. The van der Waals surface area contributed by atoms with Gasteiger partial charge in [0.2, 0.25) is 0 Å². The van der Waals surface area contributed by atoms with E-state index < -0.39 is 5.60 Å². The number of rotatable bonds is 3. The zero-order valence-electron chi connectivity index (χ0n) is 7.14. The molecule has 0 aromatic carbocycles. The maximum Gasteiger partial charge on any atom is 0.0772 e. The Kier molecular flexibility index (Phi) is 2.87. The van der Waals surface area contributed by atoms with Crippen molar-refractivity contribution in [3.05, 3.63) is 0 Å². The number of nitrogens with two attached hydrogens (primary N) is 1. The van der Waals surface area contributed by atoms with Crippen LogP contribution in [0, 0.1) is 0 Å². The van der Waals surface area contributed by atoms with Crippen LogP contribution in [0.4, 0.5) is 0 Å². The Bertz CT molecular complexity index is 125. The molecule has 0 heterocycles. The maximum atomic E-state index is 9.78. The van der Waals surface area contributed by atoms with Gasteiger partial charge in [-0.25, -0.2) is 0 Å². The summed E-state index contributed by atoms with van der Waals surface area (Å²) in [7, 11) is 0. The first kappa shape index (κ1) is 8.97. The lowest BCUT2D eigenvalue weighted by molar-refractivity contribution is 0.0398. The normalized spacial score (nSPS) is 37.9. The Morgan fingerprint density at radius 2 is 2.45 bits per heavy atom. The number of hydrogen-bond acceptors (Lipinski definition) is 3. The monoisotopic (exact) mass is 158 g/mol. The lowest BCUT2D eigenvalue weighted by Crippen LogP contribution is -2.46. The van der Waals surface area contributed by atoms with Crippen LogP contribution in [0.25, 0.3) is 0 Å². The van der Waals surface area contributed by atoms with Gasteiger partial charge in [0.15, 0.2) is 0 Å². The van der Waals surface area contributed by atoms with Gasteiger partial charge in [-0.2, -0.15) is 0 Å². The molecule has 1 aliphatic rings. The van der Waals surface area contributed by atoms with Gasteiger partial charge in [0.25, 0.3) is 0 Å². The number of nitrogens with one attached hydrogen (secondary N) is 1. The fourth-order valence-electron chi connectivity index (χ4n) is 1.73. The first-order valence-electron chi connectivity index (χ1n) is 4.32. The van der Waals surface area contributed by atoms with Gasteiger partial charge >= 0.3 is 0 Å². The average molecular weight is 158 g/mol. The molecule has 1 aliphatic carbocycles. The molecule has 0 spiro atoms. The van der Waals surface area contributed by atoms with E-state index in [9.17, 15) is 5.11 Å². The molecule has 0 aromatic heterocycles. The summed E-state index contributed by atoms with van der Waals surface area (Å²) < 4.78 is 0. The van der Waals surface area contributed by atoms with E-state index in [2.05, 4.69) is 5.32 Å². The van der Waals surface area contributed by atoms with Crippen LogP contribution in [0.2, 0.25) is 0 Å². The Morgan fingerprint density at radius 3 is 2.91 bits per heavy atom. The van der Waals surface area contributed by atoms with E-state index in [0.29, 0.717) is 6.54 Å². The largest absolute Gasteiger partial charge is 0.389 e. The molecule has 0 aromatic rings. The maximum absolute atomic E-state index is 9.78. The first-order chi connectivity index (χ1) is 5.17. The van der Waals surface area contributed by atoms with Crippen LogP contribution < -0.4 is 11.1 Å². The molecule has 2 atom stereocenters. The van der Waals surface area contributed by atoms with Crippen LogP contribution >= 0.6 is 0 Å². The van der Waals surface area contributed by atoms with Crippen molar-refractivity contribution in [2.24, 2.45) is 5.73 Å². The van der Waals surface area contributed by atoms with Gasteiger partial charge < -0.3 is 16.2 Å². The zero-order valence-corrected chi connectivity index (χ0v) is 7.14. The fraction of sp³-hybridized carbons (Fsp3) is 1.00. The van der Waals surface area contributed by atoms with Gasteiger partial charge in [-0.05, 0) is 26.2 Å². The standard InChI is InChI=1S/C8H18N2O/c1-8(11)4-2-3-7(8)10-6-5-9/h7,10-11H,2-6,9H2,1H3. The number of aliphatic hydroxyl groups is 1. The van der Waals surface area contributed by atoms with Crippen molar-refractivity contribution in [2.75, 3.05) is 13.1 Å². The van der Waals surface area contributed by atoms with Crippen molar-refractivity contribution < 1.29 is 5.11 Å². The lowest BCUT2D eigenvalue weighted by Gasteiger charge is -2.26. The molecule has 1 fully saturated rings. The highest BCUT2D eigenvalue weighted by Gasteiger charge is 2.35. The van der Waals surface area contributed by atoms with E-state index in [1.54, 1.807) is 0 Å². The van der Waals surface area contributed by atoms with Crippen molar-refractivity contribution >= 4 is 0 Å². The van der Waals surface area contributed by atoms with Crippen LogP contribution in [0.15, 0.2) is 0 Å².